The van der Waals surface area contributed by atoms with Gasteiger partial charge in [0.05, 0.1) is 0 Å². The van der Waals surface area contributed by atoms with E-state index in [1.165, 1.54) is 24.3 Å². The van der Waals surface area contributed by atoms with E-state index in [4.69, 9.17) is 9.47 Å². The van der Waals surface area contributed by atoms with Crippen LogP contribution in [0.1, 0.15) is 12.8 Å². The molecule has 1 aliphatic rings. The Kier molecular flexibility index (Phi) is 6.75. The molecule has 1 fully saturated rings. The Morgan fingerprint density at radius 2 is 1.90 bits per heavy atom. The van der Waals surface area contributed by atoms with Gasteiger partial charge in [-0.2, -0.15) is 0 Å². The van der Waals surface area contributed by atoms with Gasteiger partial charge in [-0.3, -0.25) is 0 Å². The molecule has 0 spiro atoms. The van der Waals surface area contributed by atoms with Crippen LogP contribution in [0.2, 0.25) is 0 Å². The lowest BCUT2D eigenvalue weighted by molar-refractivity contribution is -0.153. The van der Waals surface area contributed by atoms with Gasteiger partial charge in [0.25, 0.3) is 0 Å². The van der Waals surface area contributed by atoms with E-state index in [-0.39, 0.29) is 36.9 Å². The Morgan fingerprint density at radius 1 is 1.30 bits per heavy atom. The zero-order valence-electron chi connectivity index (χ0n) is 11.4. The molecule has 0 unspecified atom stereocenters. The van der Waals surface area contributed by atoms with Gasteiger partial charge in [-0.25, -0.2) is 9.18 Å². The van der Waals surface area contributed by atoms with Gasteiger partial charge in [-0.1, -0.05) is 0 Å². The number of esters is 1. The quantitative estimate of drug-likeness (QED) is 0.800. The highest BCUT2D eigenvalue weighted by molar-refractivity contribution is 5.85. The summed E-state index contributed by atoms with van der Waals surface area (Å²) in [7, 11) is 2.05. The minimum Gasteiger partial charge on any atom is -0.482 e. The number of rotatable bonds is 4. The summed E-state index contributed by atoms with van der Waals surface area (Å²) >= 11 is 0. The number of hydrogen-bond acceptors (Lipinski definition) is 4. The van der Waals surface area contributed by atoms with Crippen LogP contribution in [0.25, 0.3) is 0 Å². The summed E-state index contributed by atoms with van der Waals surface area (Å²) in [4.78, 5) is 13.8. The zero-order chi connectivity index (χ0) is 13.7. The first-order valence-electron chi connectivity index (χ1n) is 6.40. The second-order valence-electron chi connectivity index (χ2n) is 4.74. The van der Waals surface area contributed by atoms with Crippen LogP contribution in [0.3, 0.4) is 0 Å². The topological polar surface area (TPSA) is 38.8 Å². The van der Waals surface area contributed by atoms with Gasteiger partial charge in [-0.15, -0.1) is 12.4 Å². The number of ether oxygens (including phenoxy) is 2. The highest BCUT2D eigenvalue weighted by Crippen LogP contribution is 2.14. The summed E-state index contributed by atoms with van der Waals surface area (Å²) in [5.74, 6) is -0.248. The molecule has 0 amide bonds. The summed E-state index contributed by atoms with van der Waals surface area (Å²) in [5.41, 5.74) is 0. The lowest BCUT2D eigenvalue weighted by atomic mass is 10.1. The molecule has 1 saturated heterocycles. The van der Waals surface area contributed by atoms with Crippen molar-refractivity contribution in [2.45, 2.75) is 18.9 Å². The largest absolute Gasteiger partial charge is 0.482 e. The third-order valence-electron chi connectivity index (χ3n) is 3.13. The number of hydrogen-bond donors (Lipinski definition) is 0. The SMILES string of the molecule is CN1CCC(OC(=O)COc2ccc(F)cc2)CC1.Cl. The van der Waals surface area contributed by atoms with Crippen LogP contribution in [-0.4, -0.2) is 43.7 Å². The Morgan fingerprint density at radius 3 is 2.50 bits per heavy atom. The van der Waals surface area contributed by atoms with E-state index in [1.807, 2.05) is 0 Å². The van der Waals surface area contributed by atoms with E-state index in [9.17, 15) is 9.18 Å². The smallest absolute Gasteiger partial charge is 0.344 e. The van der Waals surface area contributed by atoms with E-state index in [0.717, 1.165) is 25.9 Å². The predicted molar refractivity (Wildman–Crippen MR) is 75.8 cm³/mol. The first-order valence-corrected chi connectivity index (χ1v) is 6.40. The molecule has 1 aromatic carbocycles. The molecule has 0 radical (unpaired) electrons. The van der Waals surface area contributed by atoms with Crippen molar-refractivity contribution in [3.63, 3.8) is 0 Å². The third-order valence-corrected chi connectivity index (χ3v) is 3.13. The van der Waals surface area contributed by atoms with E-state index in [0.29, 0.717) is 5.75 Å². The van der Waals surface area contributed by atoms with Crippen molar-refractivity contribution in [1.82, 2.24) is 4.90 Å². The van der Waals surface area contributed by atoms with Gasteiger partial charge in [0, 0.05) is 13.1 Å². The maximum atomic E-state index is 12.7. The van der Waals surface area contributed by atoms with E-state index >= 15 is 0 Å². The fourth-order valence-electron chi connectivity index (χ4n) is 2.00. The van der Waals surface area contributed by atoms with Crippen molar-refractivity contribution in [3.8, 4) is 5.75 Å². The number of nitrogens with zero attached hydrogens (tertiary/aromatic N) is 1. The highest BCUT2D eigenvalue weighted by atomic mass is 35.5. The van der Waals surface area contributed by atoms with Crippen molar-refractivity contribution in [2.24, 2.45) is 0 Å². The molecule has 1 heterocycles. The average Bonchev–Trinajstić information content (AvgIpc) is 2.41. The summed E-state index contributed by atoms with van der Waals surface area (Å²) in [6.45, 7) is 1.74. The van der Waals surface area contributed by atoms with Crippen molar-refractivity contribution in [3.05, 3.63) is 30.1 Å². The number of halogens is 2. The van der Waals surface area contributed by atoms with Crippen LogP contribution in [0.4, 0.5) is 4.39 Å². The standard InChI is InChI=1S/C14H18FNO3.ClH/c1-16-8-6-13(7-9-16)19-14(17)10-18-12-4-2-11(15)3-5-12;/h2-5,13H,6-10H2,1H3;1H. The molecule has 0 atom stereocenters. The monoisotopic (exact) mass is 303 g/mol. The molecule has 0 aromatic heterocycles. The predicted octanol–water partition coefficient (Wildman–Crippen LogP) is 2.26. The molecular formula is C14H19ClFNO3. The lowest BCUT2D eigenvalue weighted by Gasteiger charge is -2.28. The molecule has 0 N–H and O–H groups in total. The minimum absolute atomic E-state index is 0. The van der Waals surface area contributed by atoms with Gasteiger partial charge in [0.1, 0.15) is 17.7 Å². The molecule has 1 aliphatic heterocycles. The molecule has 112 valence electrons. The van der Waals surface area contributed by atoms with Gasteiger partial charge in [-0.05, 0) is 44.2 Å². The maximum Gasteiger partial charge on any atom is 0.344 e. The van der Waals surface area contributed by atoms with E-state index in [1.54, 1.807) is 0 Å². The minimum atomic E-state index is -0.376. The number of carbonyl (C=O) groups excluding carboxylic acids is 1. The van der Waals surface area contributed by atoms with E-state index < -0.39 is 0 Å². The molecule has 4 nitrogen and oxygen atoms in total. The Balaban J connectivity index is 0.00000200. The fourth-order valence-corrected chi connectivity index (χ4v) is 2.00. The molecule has 20 heavy (non-hydrogen) atoms. The van der Waals surface area contributed by atoms with Crippen LogP contribution in [-0.2, 0) is 9.53 Å². The Hall–Kier alpha value is -1.33. The summed E-state index contributed by atoms with van der Waals surface area (Å²) in [6, 6.07) is 5.55. The zero-order valence-corrected chi connectivity index (χ0v) is 12.2. The van der Waals surface area contributed by atoms with Crippen LogP contribution in [0.15, 0.2) is 24.3 Å². The normalized spacial score (nSPS) is 16.3. The van der Waals surface area contributed by atoms with Gasteiger partial charge in [0.15, 0.2) is 6.61 Å². The highest BCUT2D eigenvalue weighted by Gasteiger charge is 2.20. The van der Waals surface area contributed by atoms with Gasteiger partial charge in [0.2, 0.25) is 0 Å². The van der Waals surface area contributed by atoms with Crippen LogP contribution >= 0.6 is 12.4 Å². The molecule has 0 aliphatic carbocycles. The first kappa shape index (κ1) is 16.7. The van der Waals surface area contributed by atoms with Crippen LogP contribution < -0.4 is 4.74 Å². The lowest BCUT2D eigenvalue weighted by Crippen LogP contribution is -2.36. The molecular weight excluding hydrogens is 285 g/mol. The second-order valence-corrected chi connectivity index (χ2v) is 4.74. The van der Waals surface area contributed by atoms with Crippen molar-refractivity contribution < 1.29 is 18.7 Å². The van der Waals surface area contributed by atoms with Crippen LogP contribution in [0, 0.1) is 5.82 Å². The molecule has 0 bridgehead atoms. The second kappa shape index (κ2) is 8.07. The number of piperidine rings is 1. The Labute approximate surface area is 124 Å². The summed E-state index contributed by atoms with van der Waals surface area (Å²) < 4.78 is 23.2. The molecule has 2 rings (SSSR count). The van der Waals surface area contributed by atoms with Crippen molar-refractivity contribution in [1.29, 1.82) is 0 Å². The average molecular weight is 304 g/mol. The van der Waals surface area contributed by atoms with Crippen LogP contribution in [0.5, 0.6) is 5.75 Å². The van der Waals surface area contributed by atoms with Gasteiger partial charge < -0.3 is 14.4 Å². The molecule has 6 heteroatoms. The third kappa shape index (κ3) is 5.35. The fraction of sp³-hybridized carbons (Fsp3) is 0.500. The van der Waals surface area contributed by atoms with E-state index in [2.05, 4.69) is 11.9 Å². The number of likely N-dealkylation sites (tertiary alicyclic amines) is 1. The first-order chi connectivity index (χ1) is 9.13. The van der Waals surface area contributed by atoms with Crippen molar-refractivity contribution in [2.75, 3.05) is 26.7 Å². The number of carbonyl (C=O) groups is 1. The molecule has 0 saturated carbocycles. The van der Waals surface area contributed by atoms with Gasteiger partial charge >= 0.3 is 5.97 Å². The Bertz CT molecular complexity index is 419. The van der Waals surface area contributed by atoms with Crippen molar-refractivity contribution >= 4 is 18.4 Å². The summed E-state index contributed by atoms with van der Waals surface area (Å²) in [6.07, 6.45) is 1.71. The number of benzene rings is 1. The molecule has 1 aromatic rings. The summed E-state index contributed by atoms with van der Waals surface area (Å²) in [5, 5.41) is 0. The maximum absolute atomic E-state index is 12.7.